The van der Waals surface area contributed by atoms with Gasteiger partial charge in [0.15, 0.2) is 0 Å². The normalized spacial score (nSPS) is 12.5. The first-order valence-electron chi connectivity index (χ1n) is 12.9. The number of halogens is 1. The maximum absolute atomic E-state index is 12.9. The zero-order valence-electron chi connectivity index (χ0n) is 23.3. The van der Waals surface area contributed by atoms with Crippen molar-refractivity contribution in [2.24, 2.45) is 0 Å². The van der Waals surface area contributed by atoms with Crippen LogP contribution in [0.15, 0.2) is 42.5 Å². The number of ether oxygens (including phenoxy) is 3. The van der Waals surface area contributed by atoms with Gasteiger partial charge >= 0.3 is 12.1 Å². The summed E-state index contributed by atoms with van der Waals surface area (Å²) < 4.78 is 16.8. The number of hydrogen-bond acceptors (Lipinski definition) is 5. The highest BCUT2D eigenvalue weighted by molar-refractivity contribution is 6.17. The Balaban J connectivity index is 2.18. The number of carbonyl (C=O) groups is 2. The van der Waals surface area contributed by atoms with Crippen LogP contribution in [0, 0.1) is 0 Å². The fourth-order valence-corrected chi connectivity index (χ4v) is 3.88. The van der Waals surface area contributed by atoms with Gasteiger partial charge in [0.2, 0.25) is 0 Å². The molecule has 204 valence electrons. The van der Waals surface area contributed by atoms with Crippen LogP contribution >= 0.6 is 11.6 Å². The number of carbonyl (C=O) groups excluding carboxylic acids is 2. The van der Waals surface area contributed by atoms with Crippen molar-refractivity contribution in [2.75, 3.05) is 12.5 Å². The van der Waals surface area contributed by atoms with Crippen LogP contribution in [0.4, 0.5) is 4.79 Å². The van der Waals surface area contributed by atoms with Gasteiger partial charge in [0.05, 0.1) is 6.61 Å². The molecule has 1 N–H and O–H groups in total. The van der Waals surface area contributed by atoms with E-state index in [0.29, 0.717) is 12.5 Å². The molecule has 7 heteroatoms. The lowest BCUT2D eigenvalue weighted by Gasteiger charge is -2.26. The highest BCUT2D eigenvalue weighted by Crippen LogP contribution is 2.29. The Hall–Kier alpha value is -2.73. The molecule has 0 unspecified atom stereocenters. The van der Waals surface area contributed by atoms with E-state index in [1.807, 2.05) is 30.3 Å². The van der Waals surface area contributed by atoms with Gasteiger partial charge in [0, 0.05) is 12.3 Å². The topological polar surface area (TPSA) is 73.9 Å². The maximum Gasteiger partial charge on any atom is 0.408 e. The van der Waals surface area contributed by atoms with Crippen molar-refractivity contribution >= 4 is 23.7 Å². The van der Waals surface area contributed by atoms with E-state index in [1.54, 1.807) is 41.5 Å². The van der Waals surface area contributed by atoms with Crippen molar-refractivity contribution in [1.29, 1.82) is 0 Å². The van der Waals surface area contributed by atoms with Gasteiger partial charge in [-0.05, 0) is 95.2 Å². The van der Waals surface area contributed by atoms with Crippen molar-refractivity contribution in [1.82, 2.24) is 5.32 Å². The van der Waals surface area contributed by atoms with E-state index >= 15 is 0 Å². The minimum atomic E-state index is -0.874. The molecule has 0 fully saturated rings. The van der Waals surface area contributed by atoms with Gasteiger partial charge in [-0.1, -0.05) is 37.3 Å². The third kappa shape index (κ3) is 11.0. The van der Waals surface area contributed by atoms with Crippen LogP contribution in [0.2, 0.25) is 0 Å². The van der Waals surface area contributed by atoms with Gasteiger partial charge in [-0.2, -0.15) is 0 Å². The average Bonchev–Trinajstić information content (AvgIpc) is 2.79. The molecular formula is C30H42ClNO5. The molecular weight excluding hydrogens is 490 g/mol. The number of unbranched alkanes of at least 4 members (excludes halogenated alkanes) is 1. The number of amides is 1. The summed E-state index contributed by atoms with van der Waals surface area (Å²) in [5.41, 5.74) is 2.95. The third-order valence-corrected chi connectivity index (χ3v) is 5.61. The van der Waals surface area contributed by atoms with Gasteiger partial charge in [-0.15, -0.1) is 11.6 Å². The number of alkyl carbamates (subject to hydrolysis) is 1. The highest BCUT2D eigenvalue weighted by atomic mass is 35.5. The van der Waals surface area contributed by atoms with Gasteiger partial charge in [-0.3, -0.25) is 0 Å². The monoisotopic (exact) mass is 531 g/mol. The molecule has 0 bridgehead atoms. The zero-order valence-corrected chi connectivity index (χ0v) is 24.0. The van der Waals surface area contributed by atoms with E-state index in [9.17, 15) is 9.59 Å². The zero-order chi connectivity index (χ0) is 27.6. The molecule has 6 nitrogen and oxygen atoms in total. The summed E-state index contributed by atoms with van der Waals surface area (Å²) in [5.74, 6) is 1.01. The lowest BCUT2D eigenvalue weighted by atomic mass is 9.96. The molecule has 2 rings (SSSR count). The second kappa shape index (κ2) is 13.7. The molecule has 0 spiro atoms. The number of esters is 1. The Morgan fingerprint density at radius 2 is 1.57 bits per heavy atom. The van der Waals surface area contributed by atoms with Gasteiger partial charge < -0.3 is 19.5 Å². The molecule has 2 aromatic carbocycles. The molecule has 0 heterocycles. The lowest BCUT2D eigenvalue weighted by Crippen LogP contribution is -2.47. The Labute approximate surface area is 227 Å². The van der Waals surface area contributed by atoms with Gasteiger partial charge in [0.1, 0.15) is 23.0 Å². The maximum atomic E-state index is 12.9. The Bertz CT molecular complexity index is 1020. The predicted octanol–water partition coefficient (Wildman–Crippen LogP) is 7.09. The van der Waals surface area contributed by atoms with Crippen LogP contribution in [-0.2, 0) is 27.1 Å². The van der Waals surface area contributed by atoms with Gasteiger partial charge in [-0.25, -0.2) is 9.59 Å². The van der Waals surface area contributed by atoms with Crippen molar-refractivity contribution in [3.63, 3.8) is 0 Å². The Morgan fingerprint density at radius 1 is 0.919 bits per heavy atom. The van der Waals surface area contributed by atoms with Crippen LogP contribution < -0.4 is 10.1 Å². The Morgan fingerprint density at radius 3 is 2.14 bits per heavy atom. The number of hydrogen-bond donors (Lipinski definition) is 1. The standard InChI is InChI=1S/C30H42ClNO5/c1-8-22-20-24(35-18-10-9-17-31)15-16-25(22)23-13-11-21(12-14-23)19-26(27(33)36-29(2,3)4)32-28(34)37-30(5,6)7/h11-16,20,26H,8-10,17-19H2,1-7H3,(H,32,34)/t26-/m0/s1. The molecule has 1 amide bonds. The molecule has 1 atom stereocenters. The van der Waals surface area contributed by atoms with Crippen LogP contribution in [-0.4, -0.2) is 41.8 Å². The number of nitrogens with one attached hydrogen (secondary N) is 1. The largest absolute Gasteiger partial charge is 0.494 e. The molecule has 0 aliphatic rings. The molecule has 0 aromatic heterocycles. The van der Waals surface area contributed by atoms with Crippen molar-refractivity contribution < 1.29 is 23.8 Å². The number of rotatable bonds is 11. The van der Waals surface area contributed by atoms with Crippen molar-refractivity contribution in [2.45, 2.75) is 91.4 Å². The van der Waals surface area contributed by atoms with Crippen LogP contribution in [0.25, 0.3) is 11.1 Å². The van der Waals surface area contributed by atoms with Crippen LogP contribution in [0.3, 0.4) is 0 Å². The predicted molar refractivity (Wildman–Crippen MR) is 149 cm³/mol. The van der Waals surface area contributed by atoms with Crippen LogP contribution in [0.1, 0.15) is 72.4 Å². The van der Waals surface area contributed by atoms with E-state index in [2.05, 4.69) is 24.4 Å². The second-order valence-corrected chi connectivity index (χ2v) is 11.4. The van der Waals surface area contributed by atoms with Crippen molar-refractivity contribution in [3.8, 4) is 16.9 Å². The minimum Gasteiger partial charge on any atom is -0.494 e. The summed E-state index contributed by atoms with van der Waals surface area (Å²) in [6.07, 6.45) is 2.37. The lowest BCUT2D eigenvalue weighted by molar-refractivity contribution is -0.157. The first-order chi connectivity index (χ1) is 17.3. The Kier molecular flexibility index (Phi) is 11.3. The van der Waals surface area contributed by atoms with E-state index in [4.69, 9.17) is 25.8 Å². The fraction of sp³-hybridized carbons (Fsp3) is 0.533. The molecule has 0 aliphatic carbocycles. The summed E-state index contributed by atoms with van der Waals surface area (Å²) in [4.78, 5) is 25.3. The first kappa shape index (κ1) is 30.5. The van der Waals surface area contributed by atoms with Crippen molar-refractivity contribution in [3.05, 3.63) is 53.6 Å². The minimum absolute atomic E-state index is 0.282. The smallest absolute Gasteiger partial charge is 0.408 e. The summed E-state index contributed by atoms with van der Waals surface area (Å²) in [6.45, 7) is 13.5. The SMILES string of the molecule is CCc1cc(OCCCCCl)ccc1-c1ccc(C[C@H](NC(=O)OC(C)(C)C)C(=O)OC(C)(C)C)cc1. The molecule has 0 radical (unpaired) electrons. The van der Waals surface area contributed by atoms with E-state index in [0.717, 1.165) is 41.7 Å². The number of benzene rings is 2. The quantitative estimate of drug-likeness (QED) is 0.190. The summed E-state index contributed by atoms with van der Waals surface area (Å²) in [6, 6.07) is 13.3. The van der Waals surface area contributed by atoms with Crippen LogP contribution in [0.5, 0.6) is 5.75 Å². The molecule has 37 heavy (non-hydrogen) atoms. The number of alkyl halides is 1. The molecule has 0 saturated carbocycles. The average molecular weight is 532 g/mol. The van der Waals surface area contributed by atoms with E-state index in [1.165, 1.54) is 5.56 Å². The fourth-order valence-electron chi connectivity index (χ4n) is 3.69. The molecule has 0 aliphatic heterocycles. The second-order valence-electron chi connectivity index (χ2n) is 11.1. The summed E-state index contributed by atoms with van der Waals surface area (Å²) in [5, 5.41) is 2.68. The molecule has 2 aromatic rings. The molecule has 0 saturated heterocycles. The van der Waals surface area contributed by atoms with Gasteiger partial charge in [0.25, 0.3) is 0 Å². The highest BCUT2D eigenvalue weighted by Gasteiger charge is 2.29. The third-order valence-electron chi connectivity index (χ3n) is 5.34. The summed E-state index contributed by atoms with van der Waals surface area (Å²) >= 11 is 5.74. The number of aryl methyl sites for hydroxylation is 1. The first-order valence-corrected chi connectivity index (χ1v) is 13.5. The van der Waals surface area contributed by atoms with E-state index in [-0.39, 0.29) is 6.42 Å². The summed E-state index contributed by atoms with van der Waals surface area (Å²) in [7, 11) is 0. The van der Waals surface area contributed by atoms with E-state index < -0.39 is 29.3 Å².